The lowest BCUT2D eigenvalue weighted by Crippen LogP contribution is -2.26. The molecule has 2 rings (SSSR count). The highest BCUT2D eigenvalue weighted by Crippen LogP contribution is 2.30. The maximum Gasteiger partial charge on any atom is 0.251 e. The molecule has 0 aliphatic rings. The van der Waals surface area contributed by atoms with Crippen molar-refractivity contribution in [2.75, 3.05) is 19.5 Å². The molecule has 25 heavy (non-hydrogen) atoms. The molecule has 0 spiro atoms. The van der Waals surface area contributed by atoms with Crippen LogP contribution in [0.4, 0.5) is 5.69 Å². The number of methoxy groups -OCH3 is 2. The van der Waals surface area contributed by atoms with E-state index in [1.807, 2.05) is 19.1 Å². The van der Waals surface area contributed by atoms with Crippen LogP contribution in [0.15, 0.2) is 42.5 Å². The number of amides is 2. The van der Waals surface area contributed by atoms with Crippen molar-refractivity contribution in [3.05, 3.63) is 53.6 Å². The summed E-state index contributed by atoms with van der Waals surface area (Å²) >= 11 is 0. The third-order valence-electron chi connectivity index (χ3n) is 3.70. The second-order valence-electron chi connectivity index (χ2n) is 5.57. The van der Waals surface area contributed by atoms with Gasteiger partial charge in [0.1, 0.15) is 0 Å². The molecular weight excluding hydrogens is 320 g/mol. The average Bonchev–Trinajstić information content (AvgIpc) is 2.60. The molecule has 0 saturated carbocycles. The van der Waals surface area contributed by atoms with Crippen molar-refractivity contribution in [1.29, 1.82) is 0 Å². The zero-order chi connectivity index (χ0) is 18.4. The van der Waals surface area contributed by atoms with Crippen LogP contribution in [0.2, 0.25) is 0 Å². The third-order valence-corrected chi connectivity index (χ3v) is 3.70. The van der Waals surface area contributed by atoms with Crippen molar-refractivity contribution in [2.24, 2.45) is 0 Å². The molecule has 0 radical (unpaired) electrons. The molecule has 0 aromatic heterocycles. The zero-order valence-corrected chi connectivity index (χ0v) is 14.8. The fourth-order valence-corrected chi connectivity index (χ4v) is 2.43. The van der Waals surface area contributed by atoms with E-state index in [2.05, 4.69) is 10.6 Å². The van der Waals surface area contributed by atoms with Crippen LogP contribution in [-0.4, -0.2) is 26.0 Å². The van der Waals surface area contributed by atoms with Crippen LogP contribution in [0.5, 0.6) is 11.5 Å². The molecule has 2 N–H and O–H groups in total. The van der Waals surface area contributed by atoms with Gasteiger partial charge in [0.25, 0.3) is 5.91 Å². The van der Waals surface area contributed by atoms with Crippen LogP contribution in [0.25, 0.3) is 0 Å². The molecule has 0 saturated heterocycles. The number of benzene rings is 2. The Bertz CT molecular complexity index is 774. The van der Waals surface area contributed by atoms with E-state index in [9.17, 15) is 9.59 Å². The Morgan fingerprint density at radius 1 is 1.00 bits per heavy atom. The first-order valence-electron chi connectivity index (χ1n) is 7.85. The van der Waals surface area contributed by atoms with E-state index >= 15 is 0 Å². The normalized spacial score (nSPS) is 11.4. The first kappa shape index (κ1) is 18.3. The van der Waals surface area contributed by atoms with Crippen LogP contribution in [-0.2, 0) is 4.79 Å². The third kappa shape index (κ3) is 4.73. The maximum atomic E-state index is 12.5. The molecule has 6 nitrogen and oxygen atoms in total. The van der Waals surface area contributed by atoms with E-state index in [1.54, 1.807) is 44.6 Å². The molecule has 2 aromatic rings. The van der Waals surface area contributed by atoms with Gasteiger partial charge in [0.2, 0.25) is 5.91 Å². The van der Waals surface area contributed by atoms with Gasteiger partial charge in [-0.25, -0.2) is 0 Å². The summed E-state index contributed by atoms with van der Waals surface area (Å²) in [5, 5.41) is 5.60. The summed E-state index contributed by atoms with van der Waals surface area (Å²) in [6.07, 6.45) is 0. The van der Waals surface area contributed by atoms with Crippen molar-refractivity contribution < 1.29 is 19.1 Å². The molecule has 0 fully saturated rings. The summed E-state index contributed by atoms with van der Waals surface area (Å²) < 4.78 is 10.5. The van der Waals surface area contributed by atoms with Crippen LogP contribution < -0.4 is 20.1 Å². The molecular formula is C19H22N2O4. The monoisotopic (exact) mass is 342 g/mol. The van der Waals surface area contributed by atoms with Gasteiger partial charge in [0.05, 0.1) is 20.3 Å². The molecule has 2 aromatic carbocycles. The van der Waals surface area contributed by atoms with Crippen molar-refractivity contribution in [3.63, 3.8) is 0 Å². The van der Waals surface area contributed by atoms with Gasteiger partial charge >= 0.3 is 0 Å². The standard InChI is InChI=1S/C19H22N2O4/c1-12(14-8-9-17(24-3)18(11-14)25-4)20-19(23)15-6-5-7-16(10-15)21-13(2)22/h5-12H,1-4H3,(H,20,23)(H,21,22). The molecule has 0 bridgehead atoms. The number of nitrogens with one attached hydrogen (secondary N) is 2. The largest absolute Gasteiger partial charge is 0.493 e. The van der Waals surface area contributed by atoms with Crippen LogP contribution in [0, 0.1) is 0 Å². The Balaban J connectivity index is 2.13. The Morgan fingerprint density at radius 2 is 1.72 bits per heavy atom. The van der Waals surface area contributed by atoms with Gasteiger partial charge in [-0.15, -0.1) is 0 Å². The topological polar surface area (TPSA) is 76.7 Å². The lowest BCUT2D eigenvalue weighted by molar-refractivity contribution is -0.114. The minimum absolute atomic E-state index is 0.184. The van der Waals surface area contributed by atoms with E-state index in [-0.39, 0.29) is 17.9 Å². The summed E-state index contributed by atoms with van der Waals surface area (Å²) in [6, 6.07) is 12.1. The van der Waals surface area contributed by atoms with Crippen LogP contribution in [0.3, 0.4) is 0 Å². The molecule has 6 heteroatoms. The molecule has 0 aliphatic heterocycles. The number of hydrogen-bond acceptors (Lipinski definition) is 4. The Hall–Kier alpha value is -3.02. The highest BCUT2D eigenvalue weighted by molar-refractivity contribution is 5.97. The fraction of sp³-hybridized carbons (Fsp3) is 0.263. The lowest BCUT2D eigenvalue weighted by Gasteiger charge is -2.17. The predicted molar refractivity (Wildman–Crippen MR) is 96.2 cm³/mol. The molecule has 1 atom stereocenters. The number of carbonyl (C=O) groups excluding carboxylic acids is 2. The van der Waals surface area contributed by atoms with Crippen molar-refractivity contribution in [1.82, 2.24) is 5.32 Å². The van der Waals surface area contributed by atoms with Gasteiger partial charge in [0, 0.05) is 18.2 Å². The van der Waals surface area contributed by atoms with Gasteiger partial charge in [0.15, 0.2) is 11.5 Å². The second-order valence-corrected chi connectivity index (χ2v) is 5.57. The van der Waals surface area contributed by atoms with Gasteiger partial charge in [-0.1, -0.05) is 12.1 Å². The van der Waals surface area contributed by atoms with Crippen LogP contribution >= 0.6 is 0 Å². The van der Waals surface area contributed by atoms with Crippen molar-refractivity contribution in [2.45, 2.75) is 19.9 Å². The van der Waals surface area contributed by atoms with Gasteiger partial charge in [-0.05, 0) is 42.8 Å². The average molecular weight is 342 g/mol. The number of hydrogen-bond donors (Lipinski definition) is 2. The van der Waals surface area contributed by atoms with Gasteiger partial charge in [-0.2, -0.15) is 0 Å². The first-order valence-corrected chi connectivity index (χ1v) is 7.85. The summed E-state index contributed by atoms with van der Waals surface area (Å²) in [5.41, 5.74) is 1.95. The molecule has 0 heterocycles. The minimum atomic E-state index is -0.227. The highest BCUT2D eigenvalue weighted by atomic mass is 16.5. The fourth-order valence-electron chi connectivity index (χ4n) is 2.43. The zero-order valence-electron chi connectivity index (χ0n) is 14.8. The van der Waals surface area contributed by atoms with Gasteiger partial charge in [-0.3, -0.25) is 9.59 Å². The predicted octanol–water partition coefficient (Wildman–Crippen LogP) is 3.15. The highest BCUT2D eigenvalue weighted by Gasteiger charge is 2.14. The smallest absolute Gasteiger partial charge is 0.251 e. The number of rotatable bonds is 6. The number of ether oxygens (including phenoxy) is 2. The lowest BCUT2D eigenvalue weighted by atomic mass is 10.1. The quantitative estimate of drug-likeness (QED) is 0.845. The van der Waals surface area contributed by atoms with E-state index < -0.39 is 0 Å². The Morgan fingerprint density at radius 3 is 2.36 bits per heavy atom. The van der Waals surface area contributed by atoms with E-state index in [0.717, 1.165) is 5.56 Å². The molecule has 1 unspecified atom stereocenters. The van der Waals surface area contributed by atoms with E-state index in [1.165, 1.54) is 6.92 Å². The Kier molecular flexibility index (Phi) is 6.00. The summed E-state index contributed by atoms with van der Waals surface area (Å²) in [7, 11) is 3.14. The van der Waals surface area contributed by atoms with Crippen molar-refractivity contribution >= 4 is 17.5 Å². The van der Waals surface area contributed by atoms with E-state index in [4.69, 9.17) is 9.47 Å². The Labute approximate surface area is 147 Å². The second kappa shape index (κ2) is 8.19. The molecule has 0 aliphatic carbocycles. The summed E-state index contributed by atoms with van der Waals surface area (Å²) in [6.45, 7) is 3.31. The van der Waals surface area contributed by atoms with E-state index in [0.29, 0.717) is 22.7 Å². The number of carbonyl (C=O) groups is 2. The first-order chi connectivity index (χ1) is 11.9. The van der Waals surface area contributed by atoms with Crippen molar-refractivity contribution in [3.8, 4) is 11.5 Å². The van der Waals surface area contributed by atoms with Gasteiger partial charge < -0.3 is 20.1 Å². The van der Waals surface area contributed by atoms with Crippen LogP contribution in [0.1, 0.15) is 35.8 Å². The summed E-state index contributed by atoms with van der Waals surface area (Å²) in [5.74, 6) is 0.826. The molecule has 2 amide bonds. The SMILES string of the molecule is COc1ccc(C(C)NC(=O)c2cccc(NC(C)=O)c2)cc1OC. The molecule has 132 valence electrons. The summed E-state index contributed by atoms with van der Waals surface area (Å²) in [4.78, 5) is 23.6. The minimum Gasteiger partial charge on any atom is -0.493 e. The number of anilines is 1. The maximum absolute atomic E-state index is 12.5.